The number of likely N-dealkylation sites (tertiary alicyclic amines) is 1. The number of phenolic OH excluding ortho intramolecular Hbond substituents is 1. The standard InChI is InChI=1S/C19H26FN3O2/c1-14-9-21-18(13-25-2)23(14)11-15-5-4-8-22(10-15)12-16-6-3-7-17(20)19(16)24/h3,6-7,9,15,24H,4-5,8,10-13H2,1-2H3. The molecule has 2 aromatic rings. The molecule has 1 unspecified atom stereocenters. The highest BCUT2D eigenvalue weighted by atomic mass is 19.1. The summed E-state index contributed by atoms with van der Waals surface area (Å²) in [5.41, 5.74) is 1.80. The molecule has 0 spiro atoms. The van der Waals surface area contributed by atoms with Gasteiger partial charge in [0.05, 0.1) is 0 Å². The van der Waals surface area contributed by atoms with E-state index in [1.165, 1.54) is 6.07 Å². The first-order valence-corrected chi connectivity index (χ1v) is 8.77. The van der Waals surface area contributed by atoms with E-state index in [2.05, 4.69) is 21.4 Å². The molecule has 1 fully saturated rings. The van der Waals surface area contributed by atoms with Gasteiger partial charge in [-0.15, -0.1) is 0 Å². The molecular weight excluding hydrogens is 321 g/mol. The number of ether oxygens (including phenoxy) is 1. The van der Waals surface area contributed by atoms with E-state index in [-0.39, 0.29) is 5.75 Å². The van der Waals surface area contributed by atoms with Crippen molar-refractivity contribution in [2.75, 3.05) is 20.2 Å². The second-order valence-corrected chi connectivity index (χ2v) is 6.85. The first kappa shape index (κ1) is 17.9. The van der Waals surface area contributed by atoms with E-state index < -0.39 is 5.82 Å². The number of halogens is 1. The minimum atomic E-state index is -0.552. The maximum Gasteiger partial charge on any atom is 0.165 e. The molecular formula is C19H26FN3O2. The van der Waals surface area contributed by atoms with Crippen LogP contribution in [-0.2, 0) is 24.4 Å². The van der Waals surface area contributed by atoms with Gasteiger partial charge in [-0.3, -0.25) is 4.90 Å². The predicted molar refractivity (Wildman–Crippen MR) is 93.7 cm³/mol. The minimum absolute atomic E-state index is 0.225. The van der Waals surface area contributed by atoms with Gasteiger partial charge >= 0.3 is 0 Å². The SMILES string of the molecule is COCc1ncc(C)n1CC1CCCN(Cc2cccc(F)c2O)C1. The molecule has 0 amide bonds. The van der Waals surface area contributed by atoms with Crippen LogP contribution in [0.1, 0.15) is 29.9 Å². The molecule has 0 bridgehead atoms. The number of hydrogen-bond donors (Lipinski definition) is 1. The maximum absolute atomic E-state index is 13.5. The number of methoxy groups -OCH3 is 1. The summed E-state index contributed by atoms with van der Waals surface area (Å²) < 4.78 is 21.0. The van der Waals surface area contributed by atoms with Crippen molar-refractivity contribution in [3.8, 4) is 5.75 Å². The fourth-order valence-electron chi connectivity index (χ4n) is 3.64. The van der Waals surface area contributed by atoms with E-state index in [0.717, 1.165) is 44.0 Å². The zero-order valence-corrected chi connectivity index (χ0v) is 14.9. The predicted octanol–water partition coefficient (Wildman–Crippen LogP) is 3.09. The first-order valence-electron chi connectivity index (χ1n) is 8.77. The smallest absolute Gasteiger partial charge is 0.165 e. The lowest BCUT2D eigenvalue weighted by atomic mass is 9.97. The first-order chi connectivity index (χ1) is 12.1. The van der Waals surface area contributed by atoms with Crippen molar-refractivity contribution in [2.45, 2.75) is 39.5 Å². The Labute approximate surface area is 148 Å². The van der Waals surface area contributed by atoms with Crippen LogP contribution in [0.5, 0.6) is 5.75 Å². The van der Waals surface area contributed by atoms with Crippen molar-refractivity contribution in [3.05, 3.63) is 47.3 Å². The van der Waals surface area contributed by atoms with Crippen molar-refractivity contribution >= 4 is 0 Å². The summed E-state index contributed by atoms with van der Waals surface area (Å²) in [6.45, 7) is 5.98. The third-order valence-corrected chi connectivity index (χ3v) is 4.92. The van der Waals surface area contributed by atoms with Gasteiger partial charge in [0.1, 0.15) is 12.4 Å². The molecule has 1 atom stereocenters. The van der Waals surface area contributed by atoms with Crippen LogP contribution >= 0.6 is 0 Å². The van der Waals surface area contributed by atoms with Crippen LogP contribution in [0.2, 0.25) is 0 Å². The molecule has 1 aromatic heterocycles. The van der Waals surface area contributed by atoms with Crippen LogP contribution in [0, 0.1) is 18.7 Å². The van der Waals surface area contributed by atoms with Crippen LogP contribution in [0.25, 0.3) is 0 Å². The number of benzene rings is 1. The van der Waals surface area contributed by atoms with E-state index in [1.54, 1.807) is 19.2 Å². The molecule has 6 heteroatoms. The summed E-state index contributed by atoms with van der Waals surface area (Å²) in [5.74, 6) is 0.689. The zero-order chi connectivity index (χ0) is 17.8. The molecule has 1 aliphatic rings. The molecule has 1 saturated heterocycles. The van der Waals surface area contributed by atoms with Crippen molar-refractivity contribution < 1.29 is 14.2 Å². The van der Waals surface area contributed by atoms with Crippen LogP contribution in [0.3, 0.4) is 0 Å². The molecule has 1 N–H and O–H groups in total. The normalized spacial score (nSPS) is 18.6. The molecule has 1 aliphatic heterocycles. The van der Waals surface area contributed by atoms with Gasteiger partial charge in [-0.25, -0.2) is 9.37 Å². The summed E-state index contributed by atoms with van der Waals surface area (Å²) >= 11 is 0. The number of aromatic hydroxyl groups is 1. The second kappa shape index (κ2) is 7.97. The van der Waals surface area contributed by atoms with Crippen molar-refractivity contribution in [1.29, 1.82) is 0 Å². The molecule has 136 valence electrons. The van der Waals surface area contributed by atoms with E-state index in [0.29, 0.717) is 24.6 Å². The largest absolute Gasteiger partial charge is 0.505 e. The number of piperidine rings is 1. The number of aryl methyl sites for hydroxylation is 1. The molecule has 0 saturated carbocycles. The lowest BCUT2D eigenvalue weighted by Gasteiger charge is -2.33. The Hall–Kier alpha value is -1.92. The summed E-state index contributed by atoms with van der Waals surface area (Å²) in [4.78, 5) is 6.73. The fourth-order valence-corrected chi connectivity index (χ4v) is 3.64. The van der Waals surface area contributed by atoms with Crippen molar-refractivity contribution in [2.24, 2.45) is 5.92 Å². The van der Waals surface area contributed by atoms with Crippen molar-refractivity contribution in [1.82, 2.24) is 14.5 Å². The number of phenols is 1. The zero-order valence-electron chi connectivity index (χ0n) is 14.9. The Kier molecular flexibility index (Phi) is 5.71. The van der Waals surface area contributed by atoms with E-state index in [1.807, 2.05) is 6.20 Å². The average Bonchev–Trinajstić information content (AvgIpc) is 2.93. The highest BCUT2D eigenvalue weighted by Crippen LogP contribution is 2.26. The number of aromatic nitrogens is 2. The summed E-state index contributed by atoms with van der Waals surface area (Å²) in [5, 5.41) is 9.91. The lowest BCUT2D eigenvalue weighted by molar-refractivity contribution is 0.146. The van der Waals surface area contributed by atoms with Gasteiger partial charge in [0, 0.05) is 44.2 Å². The molecule has 1 aromatic carbocycles. The summed E-state index contributed by atoms with van der Waals surface area (Å²) in [6.07, 6.45) is 4.16. The van der Waals surface area contributed by atoms with Gasteiger partial charge in [-0.05, 0) is 38.3 Å². The van der Waals surface area contributed by atoms with Gasteiger partial charge in [-0.1, -0.05) is 12.1 Å². The molecule has 25 heavy (non-hydrogen) atoms. The van der Waals surface area contributed by atoms with Crippen LogP contribution in [0.4, 0.5) is 4.39 Å². The highest BCUT2D eigenvalue weighted by molar-refractivity contribution is 5.33. The third-order valence-electron chi connectivity index (χ3n) is 4.92. The molecule has 5 nitrogen and oxygen atoms in total. The molecule has 0 radical (unpaired) electrons. The second-order valence-electron chi connectivity index (χ2n) is 6.85. The van der Waals surface area contributed by atoms with E-state index in [9.17, 15) is 9.50 Å². The Morgan fingerprint density at radius 2 is 2.24 bits per heavy atom. The summed E-state index contributed by atoms with van der Waals surface area (Å²) in [6, 6.07) is 4.73. The van der Waals surface area contributed by atoms with E-state index >= 15 is 0 Å². The maximum atomic E-state index is 13.5. The van der Waals surface area contributed by atoms with Crippen molar-refractivity contribution in [3.63, 3.8) is 0 Å². The number of hydrogen-bond acceptors (Lipinski definition) is 4. The average molecular weight is 347 g/mol. The Bertz CT molecular complexity index is 717. The third kappa shape index (κ3) is 4.19. The number of imidazole rings is 1. The quantitative estimate of drug-likeness (QED) is 0.872. The van der Waals surface area contributed by atoms with Gasteiger partial charge in [0.15, 0.2) is 11.6 Å². The lowest BCUT2D eigenvalue weighted by Crippen LogP contribution is -2.37. The van der Waals surface area contributed by atoms with Gasteiger partial charge in [-0.2, -0.15) is 0 Å². The van der Waals surface area contributed by atoms with Crippen LogP contribution in [0.15, 0.2) is 24.4 Å². The fraction of sp³-hybridized carbons (Fsp3) is 0.526. The highest BCUT2D eigenvalue weighted by Gasteiger charge is 2.23. The van der Waals surface area contributed by atoms with Crippen LogP contribution in [-0.4, -0.2) is 39.8 Å². The Morgan fingerprint density at radius 1 is 1.40 bits per heavy atom. The Balaban J connectivity index is 1.65. The summed E-state index contributed by atoms with van der Waals surface area (Å²) in [7, 11) is 1.68. The molecule has 3 rings (SSSR count). The Morgan fingerprint density at radius 3 is 3.04 bits per heavy atom. The topological polar surface area (TPSA) is 50.5 Å². The minimum Gasteiger partial charge on any atom is -0.505 e. The number of rotatable bonds is 6. The number of nitrogens with zero attached hydrogens (tertiary/aromatic N) is 3. The van der Waals surface area contributed by atoms with Gasteiger partial charge in [0.25, 0.3) is 0 Å². The van der Waals surface area contributed by atoms with Crippen LogP contribution < -0.4 is 0 Å². The molecule has 0 aliphatic carbocycles. The monoisotopic (exact) mass is 347 g/mol. The molecule has 2 heterocycles. The number of para-hydroxylation sites is 1. The van der Waals surface area contributed by atoms with E-state index in [4.69, 9.17) is 4.74 Å². The van der Waals surface area contributed by atoms with Gasteiger partial charge in [0.2, 0.25) is 0 Å². The van der Waals surface area contributed by atoms with Gasteiger partial charge < -0.3 is 14.4 Å².